The highest BCUT2D eigenvalue weighted by atomic mass is 35.5. The summed E-state index contributed by atoms with van der Waals surface area (Å²) in [4.78, 5) is 0. The predicted octanol–water partition coefficient (Wildman–Crippen LogP) is -0.123. The summed E-state index contributed by atoms with van der Waals surface area (Å²) >= 11 is 5.11. The maximum absolute atomic E-state index is 5.11. The van der Waals surface area contributed by atoms with E-state index in [0.717, 1.165) is 0 Å². The molecule has 34 valence electrons. The molecule has 0 amide bonds. The molecule has 0 fully saturated rings. The van der Waals surface area contributed by atoms with Crippen molar-refractivity contribution in [1.29, 1.82) is 0 Å². The lowest BCUT2D eigenvalue weighted by atomic mass is 11.3. The zero-order chi connectivity index (χ0) is 3.58. The number of halogens is 1. The van der Waals surface area contributed by atoms with E-state index in [1.54, 1.807) is 14.1 Å². The van der Waals surface area contributed by atoms with Crippen molar-refractivity contribution in [2.75, 3.05) is 14.1 Å². The van der Waals surface area contributed by atoms with Gasteiger partial charge in [-0.25, -0.2) is 4.42 Å². The molecule has 0 unspecified atom stereocenters. The number of rotatable bonds is 0. The Bertz CT molecular complexity index is 14.4. The van der Waals surface area contributed by atoms with E-state index in [1.165, 1.54) is 4.42 Å². The van der Waals surface area contributed by atoms with Gasteiger partial charge in [-0.05, 0) is 11.8 Å². The average molecular weight is 97.5 g/mol. The molecular weight excluding hydrogens is 89.5 g/mol. The summed E-state index contributed by atoms with van der Waals surface area (Å²) in [5, 5.41) is 0. The normalized spacial score (nSPS) is 7.20. The van der Waals surface area contributed by atoms with Gasteiger partial charge >= 0.3 is 0 Å². The van der Waals surface area contributed by atoms with E-state index in [9.17, 15) is 0 Å². The molecule has 2 nitrogen and oxygen atoms in total. The first kappa shape index (κ1) is 8.96. The van der Waals surface area contributed by atoms with Crippen LogP contribution in [0.25, 0.3) is 0 Å². The molecule has 0 aliphatic heterocycles. The Hall–Kier alpha value is 0.210. The summed E-state index contributed by atoms with van der Waals surface area (Å²) in [7, 11) is 3.53. The first-order chi connectivity index (χ1) is 1.73. The number of hydrogen-bond donors (Lipinski definition) is 0. The Morgan fingerprint density at radius 2 is 1.40 bits per heavy atom. The molecule has 0 aromatic heterocycles. The van der Waals surface area contributed by atoms with Crippen molar-refractivity contribution in [3.05, 3.63) is 0 Å². The van der Waals surface area contributed by atoms with E-state index < -0.39 is 0 Å². The minimum atomic E-state index is 0. The van der Waals surface area contributed by atoms with Gasteiger partial charge in [0.2, 0.25) is 0 Å². The standard InChI is InChI=1S/C2H6ClN.H2O/c1-4(2)3;/h1-2H3;1H2. The van der Waals surface area contributed by atoms with Crippen LogP contribution >= 0.6 is 11.8 Å². The summed E-state index contributed by atoms with van der Waals surface area (Å²) in [5.41, 5.74) is 0. The van der Waals surface area contributed by atoms with Gasteiger partial charge in [0.15, 0.2) is 0 Å². The van der Waals surface area contributed by atoms with Crippen LogP contribution < -0.4 is 0 Å². The third-order valence-corrected chi connectivity index (χ3v) is 0. The molecule has 0 rings (SSSR count). The van der Waals surface area contributed by atoms with Crippen LogP contribution in [-0.2, 0) is 0 Å². The maximum atomic E-state index is 5.11. The predicted molar refractivity (Wildman–Crippen MR) is 23.2 cm³/mol. The van der Waals surface area contributed by atoms with E-state index >= 15 is 0 Å². The third-order valence-electron chi connectivity index (χ3n) is 0. The Balaban J connectivity index is 0. The van der Waals surface area contributed by atoms with Crippen LogP contribution in [0.4, 0.5) is 0 Å². The van der Waals surface area contributed by atoms with Gasteiger partial charge in [-0.2, -0.15) is 0 Å². The minimum absolute atomic E-state index is 0. The van der Waals surface area contributed by atoms with Gasteiger partial charge in [0.25, 0.3) is 0 Å². The fourth-order valence-electron chi connectivity index (χ4n) is 0. The first-order valence-corrected chi connectivity index (χ1v) is 1.40. The van der Waals surface area contributed by atoms with E-state index in [2.05, 4.69) is 0 Å². The summed E-state index contributed by atoms with van der Waals surface area (Å²) in [6, 6.07) is 0. The van der Waals surface area contributed by atoms with Crippen molar-refractivity contribution in [3.8, 4) is 0 Å². The van der Waals surface area contributed by atoms with Gasteiger partial charge in [-0.1, -0.05) is 0 Å². The quantitative estimate of drug-likeness (QED) is 0.388. The van der Waals surface area contributed by atoms with Crippen LogP contribution in [0.3, 0.4) is 0 Å². The Morgan fingerprint density at radius 3 is 1.40 bits per heavy atom. The molecule has 0 aliphatic rings. The number of hydrogen-bond acceptors (Lipinski definition) is 1. The van der Waals surface area contributed by atoms with Gasteiger partial charge in [0, 0.05) is 14.1 Å². The Kier molecular flexibility index (Phi) is 7.55. The summed E-state index contributed by atoms with van der Waals surface area (Å²) < 4.78 is 1.47. The van der Waals surface area contributed by atoms with Crippen molar-refractivity contribution in [3.63, 3.8) is 0 Å². The van der Waals surface area contributed by atoms with E-state index in [4.69, 9.17) is 11.8 Å². The summed E-state index contributed by atoms with van der Waals surface area (Å²) in [5.74, 6) is 0. The monoisotopic (exact) mass is 97.0 g/mol. The zero-order valence-corrected chi connectivity index (χ0v) is 4.08. The molecule has 0 radical (unpaired) electrons. The van der Waals surface area contributed by atoms with Gasteiger partial charge in [0.1, 0.15) is 0 Å². The lowest BCUT2D eigenvalue weighted by molar-refractivity contribution is 0.681. The summed E-state index contributed by atoms with van der Waals surface area (Å²) in [6.07, 6.45) is 0. The van der Waals surface area contributed by atoms with E-state index in [0.29, 0.717) is 0 Å². The second kappa shape index (κ2) is 4.21. The largest absolute Gasteiger partial charge is 0.412 e. The summed E-state index contributed by atoms with van der Waals surface area (Å²) in [6.45, 7) is 0. The molecular formula is C2H8ClNO. The molecule has 0 saturated carbocycles. The maximum Gasteiger partial charge on any atom is 0.00209 e. The van der Waals surface area contributed by atoms with Crippen molar-refractivity contribution in [1.82, 2.24) is 4.42 Å². The Morgan fingerprint density at radius 1 is 1.40 bits per heavy atom. The highest BCUT2D eigenvalue weighted by Crippen LogP contribution is 1.71. The molecule has 0 heterocycles. The molecule has 0 aromatic carbocycles. The highest BCUT2D eigenvalue weighted by Gasteiger charge is 1.62. The molecule has 0 bridgehead atoms. The fraction of sp³-hybridized carbons (Fsp3) is 1.00. The van der Waals surface area contributed by atoms with Crippen molar-refractivity contribution in [2.45, 2.75) is 0 Å². The third kappa shape index (κ3) is 466. The second-order valence-corrected chi connectivity index (χ2v) is 1.46. The van der Waals surface area contributed by atoms with Gasteiger partial charge in [-0.15, -0.1) is 0 Å². The molecule has 0 spiro atoms. The van der Waals surface area contributed by atoms with Crippen molar-refractivity contribution < 1.29 is 5.48 Å². The molecule has 0 atom stereocenters. The number of nitrogens with zero attached hydrogens (tertiary/aromatic N) is 1. The molecule has 0 aromatic rings. The Labute approximate surface area is 36.8 Å². The fourth-order valence-corrected chi connectivity index (χ4v) is 0. The SMILES string of the molecule is CN(C)Cl.O. The van der Waals surface area contributed by atoms with Crippen LogP contribution in [0.5, 0.6) is 0 Å². The topological polar surface area (TPSA) is 34.7 Å². The lowest BCUT2D eigenvalue weighted by Gasteiger charge is -1.85. The lowest BCUT2D eigenvalue weighted by Crippen LogP contribution is -1.89. The average Bonchev–Trinajstić information content (AvgIpc) is 0.811. The highest BCUT2D eigenvalue weighted by molar-refractivity contribution is 6.12. The molecule has 0 saturated heterocycles. The van der Waals surface area contributed by atoms with Crippen molar-refractivity contribution >= 4 is 11.8 Å². The van der Waals surface area contributed by atoms with Gasteiger partial charge < -0.3 is 5.48 Å². The first-order valence-electron chi connectivity index (χ1n) is 1.06. The van der Waals surface area contributed by atoms with E-state index in [-0.39, 0.29) is 5.48 Å². The molecule has 0 aliphatic carbocycles. The van der Waals surface area contributed by atoms with Gasteiger partial charge in [-0.3, -0.25) is 0 Å². The zero-order valence-electron chi connectivity index (χ0n) is 3.33. The molecule has 2 N–H and O–H groups in total. The molecule has 5 heavy (non-hydrogen) atoms. The van der Waals surface area contributed by atoms with Crippen molar-refractivity contribution in [2.24, 2.45) is 0 Å². The smallest absolute Gasteiger partial charge is 0.00209 e. The van der Waals surface area contributed by atoms with Crippen LogP contribution in [0.15, 0.2) is 0 Å². The second-order valence-electron chi connectivity index (χ2n) is 0.785. The molecule has 3 heteroatoms. The minimum Gasteiger partial charge on any atom is -0.412 e. The van der Waals surface area contributed by atoms with Gasteiger partial charge in [0.05, 0.1) is 0 Å². The van der Waals surface area contributed by atoms with E-state index in [1.807, 2.05) is 0 Å². The van der Waals surface area contributed by atoms with Crippen LogP contribution in [-0.4, -0.2) is 24.0 Å². The van der Waals surface area contributed by atoms with Crippen LogP contribution in [0.1, 0.15) is 0 Å². The van der Waals surface area contributed by atoms with Crippen LogP contribution in [0.2, 0.25) is 0 Å². The van der Waals surface area contributed by atoms with Crippen LogP contribution in [0, 0.1) is 0 Å².